The molecule has 0 spiro atoms. The Morgan fingerprint density at radius 2 is 2.33 bits per heavy atom. The molecular weight excluding hydrogens is 298 g/mol. The van der Waals surface area contributed by atoms with Crippen molar-refractivity contribution in [3.63, 3.8) is 0 Å². The summed E-state index contributed by atoms with van der Waals surface area (Å²) in [6.07, 6.45) is 0.840. The number of nitrogens with zero attached hydrogens (tertiary/aromatic N) is 3. The van der Waals surface area contributed by atoms with E-state index in [2.05, 4.69) is 37.6 Å². The molecule has 0 bridgehead atoms. The van der Waals surface area contributed by atoms with Gasteiger partial charge < -0.3 is 0 Å². The van der Waals surface area contributed by atoms with Crippen LogP contribution in [-0.4, -0.2) is 14.8 Å². The van der Waals surface area contributed by atoms with Crippen molar-refractivity contribution in [2.75, 3.05) is 0 Å². The van der Waals surface area contributed by atoms with Crippen LogP contribution >= 0.6 is 38.9 Å². The average Bonchev–Trinajstić information content (AvgIpc) is 2.76. The molecule has 2 rings (SSSR count). The Morgan fingerprint density at radius 3 is 2.93 bits per heavy atom. The highest BCUT2D eigenvalue weighted by Crippen LogP contribution is 2.22. The van der Waals surface area contributed by atoms with Crippen LogP contribution in [0.3, 0.4) is 0 Å². The summed E-state index contributed by atoms with van der Waals surface area (Å²) in [5, 5.41) is 10.4. The van der Waals surface area contributed by atoms with Gasteiger partial charge in [0.15, 0.2) is 0 Å². The maximum absolute atomic E-state index is 5.96. The summed E-state index contributed by atoms with van der Waals surface area (Å²) >= 11 is 11.1. The highest BCUT2D eigenvalue weighted by atomic mass is 79.9. The van der Waals surface area contributed by atoms with Crippen LogP contribution in [0.4, 0.5) is 0 Å². The number of aromatic nitrogens is 3. The lowest BCUT2D eigenvalue weighted by Crippen LogP contribution is -2.03. The molecule has 80 valence electrons. The van der Waals surface area contributed by atoms with Gasteiger partial charge in [-0.1, -0.05) is 6.92 Å². The second kappa shape index (κ2) is 4.63. The van der Waals surface area contributed by atoms with Crippen molar-refractivity contribution in [3.05, 3.63) is 31.9 Å². The van der Waals surface area contributed by atoms with Crippen molar-refractivity contribution in [2.45, 2.75) is 19.9 Å². The zero-order chi connectivity index (χ0) is 10.8. The van der Waals surface area contributed by atoms with E-state index in [9.17, 15) is 0 Å². The summed E-state index contributed by atoms with van der Waals surface area (Å²) in [7, 11) is 0. The normalized spacial score (nSPS) is 10.9. The van der Waals surface area contributed by atoms with Crippen molar-refractivity contribution in [1.29, 1.82) is 0 Å². The molecule has 0 saturated heterocycles. The van der Waals surface area contributed by atoms with Gasteiger partial charge in [0.1, 0.15) is 5.82 Å². The van der Waals surface area contributed by atoms with E-state index in [1.54, 1.807) is 11.3 Å². The van der Waals surface area contributed by atoms with Gasteiger partial charge in [0.05, 0.1) is 6.54 Å². The van der Waals surface area contributed by atoms with Crippen molar-refractivity contribution < 1.29 is 0 Å². The quantitative estimate of drug-likeness (QED) is 0.870. The van der Waals surface area contributed by atoms with Crippen LogP contribution in [0.5, 0.6) is 0 Å². The largest absolute Gasteiger partial charge is 0.296 e. The molecule has 2 aromatic rings. The van der Waals surface area contributed by atoms with Crippen LogP contribution in [0, 0.1) is 0 Å². The lowest BCUT2D eigenvalue weighted by atomic mass is 10.4. The zero-order valence-corrected chi connectivity index (χ0v) is 11.2. The molecule has 0 saturated carbocycles. The molecule has 0 N–H and O–H groups in total. The van der Waals surface area contributed by atoms with Gasteiger partial charge in [0.25, 0.3) is 0 Å². The minimum absolute atomic E-state index is 0.455. The number of aryl methyl sites for hydroxylation is 1. The number of rotatable bonds is 3. The van der Waals surface area contributed by atoms with E-state index in [4.69, 9.17) is 11.6 Å². The maximum Gasteiger partial charge on any atom is 0.225 e. The van der Waals surface area contributed by atoms with Gasteiger partial charge >= 0.3 is 0 Å². The Kier molecular flexibility index (Phi) is 3.43. The molecule has 0 aliphatic rings. The summed E-state index contributed by atoms with van der Waals surface area (Å²) < 4.78 is 3.03. The van der Waals surface area contributed by atoms with Gasteiger partial charge in [-0.05, 0) is 33.6 Å². The monoisotopic (exact) mass is 305 g/mol. The van der Waals surface area contributed by atoms with Crippen LogP contribution in [-0.2, 0) is 13.0 Å². The van der Waals surface area contributed by atoms with E-state index in [0.29, 0.717) is 5.28 Å². The standard InChI is InChI=1S/C9H9BrClN3S/c1-2-8-12-13-9(11)14(8)4-7-3-6(10)5-15-7/h3,5H,2,4H2,1H3. The zero-order valence-electron chi connectivity index (χ0n) is 8.07. The Morgan fingerprint density at radius 1 is 1.53 bits per heavy atom. The summed E-state index contributed by atoms with van der Waals surface area (Å²) in [6.45, 7) is 2.78. The van der Waals surface area contributed by atoms with E-state index in [1.165, 1.54) is 4.88 Å². The highest BCUT2D eigenvalue weighted by Gasteiger charge is 2.09. The van der Waals surface area contributed by atoms with Crippen molar-refractivity contribution in [3.8, 4) is 0 Å². The van der Waals surface area contributed by atoms with E-state index in [1.807, 2.05) is 11.5 Å². The molecule has 0 radical (unpaired) electrons. The molecule has 2 aromatic heterocycles. The Hall–Kier alpha value is -0.390. The van der Waals surface area contributed by atoms with Gasteiger partial charge in [-0.25, -0.2) is 0 Å². The fraction of sp³-hybridized carbons (Fsp3) is 0.333. The van der Waals surface area contributed by atoms with E-state index >= 15 is 0 Å². The average molecular weight is 307 g/mol. The summed E-state index contributed by atoms with van der Waals surface area (Å²) in [6, 6.07) is 2.08. The minimum Gasteiger partial charge on any atom is -0.296 e. The molecule has 0 fully saturated rings. The second-order valence-corrected chi connectivity index (χ2v) is 5.31. The fourth-order valence-corrected chi connectivity index (χ4v) is 2.96. The van der Waals surface area contributed by atoms with Gasteiger partial charge in [-0.2, -0.15) is 0 Å². The predicted molar refractivity (Wildman–Crippen MR) is 65.5 cm³/mol. The summed E-state index contributed by atoms with van der Waals surface area (Å²) in [4.78, 5) is 1.23. The third-order valence-corrected chi connectivity index (χ3v) is 4.00. The third kappa shape index (κ3) is 2.41. The van der Waals surface area contributed by atoms with Crippen LogP contribution < -0.4 is 0 Å². The Balaban J connectivity index is 2.26. The number of thiophene rings is 1. The molecule has 0 unspecified atom stereocenters. The Bertz CT molecular complexity index is 466. The molecule has 15 heavy (non-hydrogen) atoms. The number of halogens is 2. The second-order valence-electron chi connectivity index (χ2n) is 3.06. The molecule has 0 aromatic carbocycles. The van der Waals surface area contributed by atoms with Gasteiger partial charge in [0, 0.05) is 21.2 Å². The van der Waals surface area contributed by atoms with Crippen molar-refractivity contribution in [2.24, 2.45) is 0 Å². The maximum atomic E-state index is 5.96. The van der Waals surface area contributed by atoms with Crippen LogP contribution in [0.15, 0.2) is 15.9 Å². The third-order valence-electron chi connectivity index (χ3n) is 2.03. The van der Waals surface area contributed by atoms with E-state index < -0.39 is 0 Å². The first kappa shape index (κ1) is 11.1. The van der Waals surface area contributed by atoms with Crippen LogP contribution in [0.25, 0.3) is 0 Å². The molecule has 2 heterocycles. The number of hydrogen-bond donors (Lipinski definition) is 0. The van der Waals surface area contributed by atoms with E-state index in [-0.39, 0.29) is 0 Å². The fourth-order valence-electron chi connectivity index (χ4n) is 1.32. The first-order valence-corrected chi connectivity index (χ1v) is 6.56. The molecule has 0 atom stereocenters. The van der Waals surface area contributed by atoms with Crippen molar-refractivity contribution >= 4 is 38.9 Å². The molecular formula is C9H9BrClN3S. The van der Waals surface area contributed by atoms with Gasteiger partial charge in [-0.15, -0.1) is 21.5 Å². The smallest absolute Gasteiger partial charge is 0.225 e. The van der Waals surface area contributed by atoms with Crippen LogP contribution in [0.2, 0.25) is 5.28 Å². The lowest BCUT2D eigenvalue weighted by Gasteiger charge is -2.03. The molecule has 3 nitrogen and oxygen atoms in total. The highest BCUT2D eigenvalue weighted by molar-refractivity contribution is 9.10. The molecule has 0 aliphatic heterocycles. The lowest BCUT2D eigenvalue weighted by molar-refractivity contribution is 0.741. The molecule has 0 amide bonds. The van der Waals surface area contributed by atoms with E-state index in [0.717, 1.165) is 23.3 Å². The van der Waals surface area contributed by atoms with Crippen LogP contribution in [0.1, 0.15) is 17.6 Å². The molecule has 0 aliphatic carbocycles. The summed E-state index contributed by atoms with van der Waals surface area (Å²) in [5.74, 6) is 0.921. The Labute approximate surface area is 105 Å². The van der Waals surface area contributed by atoms with Gasteiger partial charge in [0.2, 0.25) is 5.28 Å². The minimum atomic E-state index is 0.455. The first-order chi connectivity index (χ1) is 7.20. The first-order valence-electron chi connectivity index (χ1n) is 4.51. The molecule has 6 heteroatoms. The topological polar surface area (TPSA) is 30.7 Å². The SMILES string of the molecule is CCc1nnc(Cl)n1Cc1cc(Br)cs1. The van der Waals surface area contributed by atoms with Gasteiger partial charge in [-0.3, -0.25) is 4.57 Å². The summed E-state index contributed by atoms with van der Waals surface area (Å²) in [5.41, 5.74) is 0. The number of hydrogen-bond acceptors (Lipinski definition) is 3. The van der Waals surface area contributed by atoms with Crippen molar-refractivity contribution in [1.82, 2.24) is 14.8 Å². The predicted octanol–water partition coefficient (Wildman–Crippen LogP) is 3.37.